The topological polar surface area (TPSA) is 69.7 Å². The van der Waals surface area contributed by atoms with E-state index in [0.29, 0.717) is 36.2 Å². The molecule has 4 rings (SSSR count). The predicted octanol–water partition coefficient (Wildman–Crippen LogP) is 5.53. The van der Waals surface area contributed by atoms with Crippen LogP contribution in [0.25, 0.3) is 11.3 Å². The minimum absolute atomic E-state index is 0.169. The molecule has 7 heteroatoms. The van der Waals surface area contributed by atoms with E-state index in [4.69, 9.17) is 19.0 Å². The van der Waals surface area contributed by atoms with Gasteiger partial charge in [0.2, 0.25) is 5.88 Å². The monoisotopic (exact) mass is 445 g/mol. The summed E-state index contributed by atoms with van der Waals surface area (Å²) in [6.07, 6.45) is 2.31. The van der Waals surface area contributed by atoms with Gasteiger partial charge in [-0.15, -0.1) is 0 Å². The minimum Gasteiger partial charge on any atom is -0.497 e. The molecule has 2 aromatic heterocycles. The van der Waals surface area contributed by atoms with Gasteiger partial charge in [0.1, 0.15) is 17.2 Å². The molecule has 1 amide bonds. The van der Waals surface area contributed by atoms with E-state index in [2.05, 4.69) is 0 Å². The lowest BCUT2D eigenvalue weighted by Gasteiger charge is -2.22. The van der Waals surface area contributed by atoms with Crippen molar-refractivity contribution in [1.82, 2.24) is 14.7 Å². The Morgan fingerprint density at radius 1 is 1.06 bits per heavy atom. The summed E-state index contributed by atoms with van der Waals surface area (Å²) in [5, 5.41) is 4.75. The van der Waals surface area contributed by atoms with Crippen LogP contribution in [-0.2, 0) is 13.6 Å². The Labute approximate surface area is 193 Å². The number of carbonyl (C=O) groups is 1. The van der Waals surface area contributed by atoms with E-state index in [-0.39, 0.29) is 5.91 Å². The van der Waals surface area contributed by atoms with Crippen molar-refractivity contribution in [3.8, 4) is 28.6 Å². The second kappa shape index (κ2) is 10.1. The van der Waals surface area contributed by atoms with Crippen molar-refractivity contribution < 1.29 is 18.7 Å². The van der Waals surface area contributed by atoms with Crippen LogP contribution in [0.2, 0.25) is 0 Å². The minimum atomic E-state index is -0.169. The molecule has 170 valence electrons. The molecule has 7 nitrogen and oxygen atoms in total. The first kappa shape index (κ1) is 22.2. The number of hydrogen-bond acceptors (Lipinski definition) is 5. The molecule has 0 radical (unpaired) electrons. The summed E-state index contributed by atoms with van der Waals surface area (Å²) in [5.74, 6) is 2.02. The predicted molar refractivity (Wildman–Crippen MR) is 125 cm³/mol. The lowest BCUT2D eigenvalue weighted by molar-refractivity contribution is 0.0710. The summed E-state index contributed by atoms with van der Waals surface area (Å²) in [6.45, 7) is 2.93. The number of rotatable bonds is 9. The number of benzene rings is 2. The van der Waals surface area contributed by atoms with Crippen LogP contribution in [0.4, 0.5) is 0 Å². The number of aromatic nitrogens is 2. The summed E-state index contributed by atoms with van der Waals surface area (Å²) < 4.78 is 18.7. The summed E-state index contributed by atoms with van der Waals surface area (Å²) in [5.41, 5.74) is 2.54. The van der Waals surface area contributed by atoms with Crippen LogP contribution in [0.5, 0.6) is 17.4 Å². The summed E-state index contributed by atoms with van der Waals surface area (Å²) in [6, 6.07) is 20.7. The first-order chi connectivity index (χ1) is 16.1. The molecule has 33 heavy (non-hydrogen) atoms. The number of furan rings is 1. The second-order valence-corrected chi connectivity index (χ2v) is 7.61. The van der Waals surface area contributed by atoms with Crippen molar-refractivity contribution in [3.05, 3.63) is 84.3 Å². The van der Waals surface area contributed by atoms with Crippen molar-refractivity contribution in [3.63, 3.8) is 0 Å². The Hall–Kier alpha value is -4.00. The largest absolute Gasteiger partial charge is 0.497 e. The quantitative estimate of drug-likeness (QED) is 0.339. The fourth-order valence-corrected chi connectivity index (χ4v) is 3.70. The van der Waals surface area contributed by atoms with E-state index in [1.54, 1.807) is 28.8 Å². The maximum Gasteiger partial charge on any atom is 0.289 e. The molecule has 0 aliphatic carbocycles. The zero-order valence-corrected chi connectivity index (χ0v) is 19.0. The SMILES string of the molecule is CCCN(Cc1c(-c2ccccc2)nn(C)c1Oc1cccc(OC)c1)C(=O)c1ccco1. The zero-order valence-electron chi connectivity index (χ0n) is 19.0. The molecule has 2 aromatic carbocycles. The number of aryl methyl sites for hydroxylation is 1. The maximum atomic E-state index is 13.2. The summed E-state index contributed by atoms with van der Waals surface area (Å²) in [7, 11) is 3.45. The number of nitrogens with zero attached hydrogens (tertiary/aromatic N) is 3. The van der Waals surface area contributed by atoms with Crippen LogP contribution in [0.1, 0.15) is 29.5 Å². The van der Waals surface area contributed by atoms with Crippen LogP contribution in [0.3, 0.4) is 0 Å². The Bertz CT molecular complexity index is 1200. The number of methoxy groups -OCH3 is 1. The molecule has 0 unspecified atom stereocenters. The normalized spacial score (nSPS) is 10.8. The van der Waals surface area contributed by atoms with Gasteiger partial charge in [-0.05, 0) is 30.7 Å². The Morgan fingerprint density at radius 2 is 1.85 bits per heavy atom. The maximum absolute atomic E-state index is 13.2. The van der Waals surface area contributed by atoms with E-state index < -0.39 is 0 Å². The van der Waals surface area contributed by atoms with E-state index in [9.17, 15) is 4.79 Å². The van der Waals surface area contributed by atoms with Gasteiger partial charge in [-0.25, -0.2) is 4.68 Å². The third kappa shape index (κ3) is 4.92. The molecule has 0 saturated heterocycles. The van der Waals surface area contributed by atoms with Gasteiger partial charge in [0, 0.05) is 25.2 Å². The van der Waals surface area contributed by atoms with Gasteiger partial charge < -0.3 is 18.8 Å². The van der Waals surface area contributed by atoms with E-state index in [0.717, 1.165) is 23.2 Å². The first-order valence-corrected chi connectivity index (χ1v) is 10.9. The van der Waals surface area contributed by atoms with Gasteiger partial charge in [0.15, 0.2) is 5.76 Å². The lowest BCUT2D eigenvalue weighted by atomic mass is 10.1. The van der Waals surface area contributed by atoms with E-state index >= 15 is 0 Å². The van der Waals surface area contributed by atoms with Crippen molar-refractivity contribution in [2.24, 2.45) is 7.05 Å². The number of hydrogen-bond donors (Lipinski definition) is 0. The molecule has 0 saturated carbocycles. The van der Waals surface area contributed by atoms with Crippen LogP contribution < -0.4 is 9.47 Å². The van der Waals surface area contributed by atoms with Crippen molar-refractivity contribution >= 4 is 5.91 Å². The highest BCUT2D eigenvalue weighted by molar-refractivity contribution is 5.91. The molecule has 2 heterocycles. The average molecular weight is 446 g/mol. The molecule has 4 aromatic rings. The van der Waals surface area contributed by atoms with Gasteiger partial charge in [0.25, 0.3) is 5.91 Å². The first-order valence-electron chi connectivity index (χ1n) is 10.9. The fourth-order valence-electron chi connectivity index (χ4n) is 3.70. The van der Waals surface area contributed by atoms with Gasteiger partial charge in [-0.3, -0.25) is 4.79 Å². The Kier molecular flexibility index (Phi) is 6.78. The van der Waals surface area contributed by atoms with Crippen molar-refractivity contribution in [1.29, 1.82) is 0 Å². The fraction of sp³-hybridized carbons (Fsp3) is 0.231. The molecular formula is C26H27N3O4. The highest BCUT2D eigenvalue weighted by atomic mass is 16.5. The second-order valence-electron chi connectivity index (χ2n) is 7.61. The standard InChI is InChI=1S/C26H27N3O4/c1-4-15-29(25(30)23-14-9-16-32-23)18-22-24(19-10-6-5-7-11-19)27-28(2)26(22)33-21-13-8-12-20(17-21)31-3/h5-14,16-17H,4,15,18H2,1-3H3. The Balaban J connectivity index is 1.76. The van der Waals surface area contributed by atoms with Crippen LogP contribution in [0.15, 0.2) is 77.4 Å². The lowest BCUT2D eigenvalue weighted by Crippen LogP contribution is -2.31. The van der Waals surface area contributed by atoms with Crippen molar-refractivity contribution in [2.75, 3.05) is 13.7 Å². The van der Waals surface area contributed by atoms with Gasteiger partial charge in [0.05, 0.1) is 25.5 Å². The number of amides is 1. The number of carbonyl (C=O) groups excluding carboxylic acids is 1. The third-order valence-corrected chi connectivity index (χ3v) is 5.25. The Morgan fingerprint density at radius 3 is 2.55 bits per heavy atom. The van der Waals surface area contributed by atoms with Crippen LogP contribution in [0, 0.1) is 0 Å². The van der Waals surface area contributed by atoms with Crippen molar-refractivity contribution in [2.45, 2.75) is 19.9 Å². The highest BCUT2D eigenvalue weighted by Gasteiger charge is 2.25. The molecule has 0 spiro atoms. The highest BCUT2D eigenvalue weighted by Crippen LogP contribution is 2.35. The van der Waals surface area contributed by atoms with Gasteiger partial charge >= 0.3 is 0 Å². The number of ether oxygens (including phenoxy) is 2. The van der Waals surface area contributed by atoms with Crippen LogP contribution >= 0.6 is 0 Å². The molecule has 0 atom stereocenters. The molecule has 0 fully saturated rings. The molecule has 0 aliphatic heterocycles. The molecule has 0 bridgehead atoms. The smallest absolute Gasteiger partial charge is 0.289 e. The molecular weight excluding hydrogens is 418 g/mol. The summed E-state index contributed by atoms with van der Waals surface area (Å²) >= 11 is 0. The molecule has 0 aliphatic rings. The van der Waals surface area contributed by atoms with E-state index in [1.807, 2.05) is 68.6 Å². The average Bonchev–Trinajstić information content (AvgIpc) is 3.48. The summed E-state index contributed by atoms with van der Waals surface area (Å²) in [4.78, 5) is 14.9. The van der Waals surface area contributed by atoms with Crippen LogP contribution in [-0.4, -0.2) is 34.2 Å². The zero-order chi connectivity index (χ0) is 23.2. The van der Waals surface area contributed by atoms with Gasteiger partial charge in [-0.1, -0.05) is 43.3 Å². The molecule has 0 N–H and O–H groups in total. The van der Waals surface area contributed by atoms with Gasteiger partial charge in [-0.2, -0.15) is 5.10 Å². The van der Waals surface area contributed by atoms with E-state index in [1.165, 1.54) is 6.26 Å². The third-order valence-electron chi connectivity index (χ3n) is 5.25.